The van der Waals surface area contributed by atoms with Gasteiger partial charge in [0.25, 0.3) is 5.82 Å². The molecule has 6 nitrogen and oxygen atoms in total. The van der Waals surface area contributed by atoms with Gasteiger partial charge in [0.1, 0.15) is 6.33 Å². The highest BCUT2D eigenvalue weighted by Gasteiger charge is 2.12. The summed E-state index contributed by atoms with van der Waals surface area (Å²) >= 11 is 0. The van der Waals surface area contributed by atoms with Gasteiger partial charge in [-0.3, -0.25) is 4.79 Å². The van der Waals surface area contributed by atoms with Crippen LogP contribution in [0.1, 0.15) is 34.3 Å². The van der Waals surface area contributed by atoms with Crippen molar-refractivity contribution in [2.45, 2.75) is 13.3 Å². The molecule has 0 bridgehead atoms. The lowest BCUT2D eigenvalue weighted by Gasteiger charge is -2.03. The molecule has 2 rings (SSSR count). The molecule has 1 heterocycles. The number of nitrogens with zero attached hydrogens (tertiary/aromatic N) is 3. The zero-order chi connectivity index (χ0) is 13.8. The standard InChI is InChI=1S/C13H13N3O3/c1-3-11(17)9-5-4-6-10(7-9)16-8-14-12(15-16)13(18)19-2/h4-8H,3H2,1-2H3. The molecule has 0 fully saturated rings. The number of rotatable bonds is 4. The van der Waals surface area contributed by atoms with E-state index < -0.39 is 5.97 Å². The fourth-order valence-corrected chi connectivity index (χ4v) is 1.60. The average molecular weight is 259 g/mol. The van der Waals surface area contributed by atoms with Crippen molar-refractivity contribution in [3.63, 3.8) is 0 Å². The molecule has 0 radical (unpaired) electrons. The molecule has 6 heteroatoms. The van der Waals surface area contributed by atoms with Crippen LogP contribution in [0.15, 0.2) is 30.6 Å². The largest absolute Gasteiger partial charge is 0.463 e. The summed E-state index contributed by atoms with van der Waals surface area (Å²) in [7, 11) is 1.27. The summed E-state index contributed by atoms with van der Waals surface area (Å²) in [6.45, 7) is 1.81. The summed E-state index contributed by atoms with van der Waals surface area (Å²) in [5, 5.41) is 4.00. The average Bonchev–Trinajstić information content (AvgIpc) is 2.95. The monoisotopic (exact) mass is 259 g/mol. The maximum absolute atomic E-state index is 11.6. The van der Waals surface area contributed by atoms with Crippen LogP contribution in [0.4, 0.5) is 0 Å². The SMILES string of the molecule is CCC(=O)c1cccc(-n2cnc(C(=O)OC)n2)c1. The smallest absolute Gasteiger partial charge is 0.377 e. The second-order valence-corrected chi connectivity index (χ2v) is 3.83. The Hall–Kier alpha value is -2.50. The summed E-state index contributed by atoms with van der Waals surface area (Å²) in [6.07, 6.45) is 1.84. The Balaban J connectivity index is 2.34. The summed E-state index contributed by atoms with van der Waals surface area (Å²) in [6, 6.07) is 6.99. The molecule has 19 heavy (non-hydrogen) atoms. The van der Waals surface area contributed by atoms with E-state index in [-0.39, 0.29) is 11.6 Å². The second-order valence-electron chi connectivity index (χ2n) is 3.83. The van der Waals surface area contributed by atoms with E-state index in [4.69, 9.17) is 0 Å². The number of aromatic nitrogens is 3. The normalized spacial score (nSPS) is 10.2. The number of carbonyl (C=O) groups excluding carboxylic acids is 2. The topological polar surface area (TPSA) is 74.1 Å². The molecular weight excluding hydrogens is 246 g/mol. The molecule has 0 saturated heterocycles. The van der Waals surface area contributed by atoms with Gasteiger partial charge in [-0.2, -0.15) is 0 Å². The Bertz CT molecular complexity index is 619. The Morgan fingerprint density at radius 1 is 1.37 bits per heavy atom. The third-order valence-electron chi connectivity index (χ3n) is 2.61. The van der Waals surface area contributed by atoms with Crippen molar-refractivity contribution in [3.8, 4) is 5.69 Å². The van der Waals surface area contributed by atoms with Gasteiger partial charge in [0.05, 0.1) is 12.8 Å². The van der Waals surface area contributed by atoms with Crippen molar-refractivity contribution in [2.24, 2.45) is 0 Å². The molecule has 0 aliphatic rings. The number of methoxy groups -OCH3 is 1. The second kappa shape index (κ2) is 5.43. The fraction of sp³-hybridized carbons (Fsp3) is 0.231. The maximum atomic E-state index is 11.6. The number of esters is 1. The summed E-state index contributed by atoms with van der Waals surface area (Å²) in [5.41, 5.74) is 1.28. The zero-order valence-electron chi connectivity index (χ0n) is 10.7. The molecule has 0 atom stereocenters. The highest BCUT2D eigenvalue weighted by molar-refractivity contribution is 5.96. The first-order chi connectivity index (χ1) is 9.15. The van der Waals surface area contributed by atoms with Crippen LogP contribution in [0.3, 0.4) is 0 Å². The van der Waals surface area contributed by atoms with E-state index in [0.29, 0.717) is 17.7 Å². The van der Waals surface area contributed by atoms with E-state index in [9.17, 15) is 9.59 Å². The van der Waals surface area contributed by atoms with Crippen LogP contribution in [0.5, 0.6) is 0 Å². The highest BCUT2D eigenvalue weighted by atomic mass is 16.5. The van der Waals surface area contributed by atoms with Crippen LogP contribution in [0, 0.1) is 0 Å². The van der Waals surface area contributed by atoms with Gasteiger partial charge in [-0.05, 0) is 12.1 Å². The Kier molecular flexibility index (Phi) is 3.70. The molecule has 0 aliphatic carbocycles. The number of benzene rings is 1. The van der Waals surface area contributed by atoms with Gasteiger partial charge in [0, 0.05) is 12.0 Å². The van der Waals surface area contributed by atoms with E-state index in [0.717, 1.165) is 0 Å². The summed E-state index contributed by atoms with van der Waals surface area (Å²) < 4.78 is 5.96. The van der Waals surface area contributed by atoms with Crippen LogP contribution in [-0.2, 0) is 4.74 Å². The Morgan fingerprint density at radius 2 is 2.16 bits per heavy atom. The van der Waals surface area contributed by atoms with Gasteiger partial charge >= 0.3 is 5.97 Å². The molecule has 1 aromatic heterocycles. The highest BCUT2D eigenvalue weighted by Crippen LogP contribution is 2.11. The van der Waals surface area contributed by atoms with Gasteiger partial charge in [0.15, 0.2) is 5.78 Å². The predicted octanol–water partition coefficient (Wildman–Crippen LogP) is 1.65. The van der Waals surface area contributed by atoms with Gasteiger partial charge < -0.3 is 4.74 Å². The molecule has 0 saturated carbocycles. The minimum absolute atomic E-state index is 0.0188. The first-order valence-electron chi connectivity index (χ1n) is 5.79. The molecule has 2 aromatic rings. The van der Waals surface area contributed by atoms with Gasteiger partial charge in [-0.15, -0.1) is 5.10 Å². The number of ketones is 1. The molecule has 98 valence electrons. The minimum atomic E-state index is -0.598. The summed E-state index contributed by atoms with van der Waals surface area (Å²) in [5.74, 6) is -0.565. The molecule has 0 aliphatic heterocycles. The van der Waals surface area contributed by atoms with Crippen LogP contribution < -0.4 is 0 Å². The molecule has 0 unspecified atom stereocenters. The van der Waals surface area contributed by atoms with E-state index >= 15 is 0 Å². The Morgan fingerprint density at radius 3 is 2.84 bits per heavy atom. The fourth-order valence-electron chi connectivity index (χ4n) is 1.60. The van der Waals surface area contributed by atoms with Crippen LogP contribution in [-0.4, -0.2) is 33.6 Å². The first kappa shape index (κ1) is 12.9. The van der Waals surface area contributed by atoms with E-state index in [1.807, 2.05) is 0 Å². The lowest BCUT2D eigenvalue weighted by Crippen LogP contribution is -2.05. The molecule has 0 spiro atoms. The number of hydrogen-bond donors (Lipinski definition) is 0. The minimum Gasteiger partial charge on any atom is -0.463 e. The van der Waals surface area contributed by atoms with Crippen LogP contribution in [0.2, 0.25) is 0 Å². The van der Waals surface area contributed by atoms with Crippen LogP contribution >= 0.6 is 0 Å². The lowest BCUT2D eigenvalue weighted by molar-refractivity contribution is 0.0586. The third kappa shape index (κ3) is 2.67. The number of ether oxygens (including phenoxy) is 1. The number of hydrogen-bond acceptors (Lipinski definition) is 5. The van der Waals surface area contributed by atoms with Crippen LogP contribution in [0.25, 0.3) is 5.69 Å². The van der Waals surface area contributed by atoms with Gasteiger partial charge in [-0.25, -0.2) is 14.5 Å². The predicted molar refractivity (Wildman–Crippen MR) is 67.3 cm³/mol. The van der Waals surface area contributed by atoms with Gasteiger partial charge in [-0.1, -0.05) is 19.1 Å². The van der Waals surface area contributed by atoms with E-state index in [2.05, 4.69) is 14.8 Å². The van der Waals surface area contributed by atoms with Crippen molar-refractivity contribution < 1.29 is 14.3 Å². The number of Topliss-reactive ketones (excluding diaryl/α,β-unsaturated/α-hetero) is 1. The zero-order valence-corrected chi connectivity index (χ0v) is 10.7. The van der Waals surface area contributed by atoms with Crippen molar-refractivity contribution in [1.29, 1.82) is 0 Å². The lowest BCUT2D eigenvalue weighted by atomic mass is 10.1. The van der Waals surface area contributed by atoms with E-state index in [1.54, 1.807) is 31.2 Å². The molecule has 1 aromatic carbocycles. The summed E-state index contributed by atoms with van der Waals surface area (Å²) in [4.78, 5) is 26.8. The van der Waals surface area contributed by atoms with E-state index in [1.165, 1.54) is 18.1 Å². The third-order valence-corrected chi connectivity index (χ3v) is 2.61. The van der Waals surface area contributed by atoms with Gasteiger partial charge in [0.2, 0.25) is 0 Å². The quantitative estimate of drug-likeness (QED) is 0.616. The van der Waals surface area contributed by atoms with Crippen molar-refractivity contribution in [1.82, 2.24) is 14.8 Å². The molecule has 0 amide bonds. The van der Waals surface area contributed by atoms with Crippen molar-refractivity contribution >= 4 is 11.8 Å². The van der Waals surface area contributed by atoms with Crippen molar-refractivity contribution in [2.75, 3.05) is 7.11 Å². The molecular formula is C13H13N3O3. The van der Waals surface area contributed by atoms with Crippen molar-refractivity contribution in [3.05, 3.63) is 42.0 Å². The Labute approximate surface area is 110 Å². The first-order valence-corrected chi connectivity index (χ1v) is 5.79. The number of carbonyl (C=O) groups is 2. The maximum Gasteiger partial charge on any atom is 0.377 e. The molecule has 0 N–H and O–H groups in total.